The number of primary amides is 1. The Kier molecular flexibility index (Phi) is 6.95. The highest BCUT2D eigenvalue weighted by molar-refractivity contribution is 5.94. The van der Waals surface area contributed by atoms with Gasteiger partial charge < -0.3 is 21.3 Å². The summed E-state index contributed by atoms with van der Waals surface area (Å²) in [5, 5.41) is 2.99. The molecule has 2 amide bonds. The summed E-state index contributed by atoms with van der Waals surface area (Å²) in [6, 6.07) is 9.25. The van der Waals surface area contributed by atoms with Crippen molar-refractivity contribution in [1.29, 1.82) is 0 Å². The van der Waals surface area contributed by atoms with Crippen LogP contribution in [0.4, 0.5) is 5.82 Å². The first-order valence-corrected chi connectivity index (χ1v) is 10.8. The third kappa shape index (κ3) is 5.22. The van der Waals surface area contributed by atoms with E-state index in [0.717, 1.165) is 50.5 Å². The molecule has 5 N–H and O–H groups in total. The minimum Gasteiger partial charge on any atom is -0.490 e. The summed E-state index contributed by atoms with van der Waals surface area (Å²) in [5.41, 5.74) is 7.97. The van der Waals surface area contributed by atoms with E-state index in [0.29, 0.717) is 17.1 Å². The number of amides is 2. The molecule has 0 radical (unpaired) electrons. The number of nitrogens with one attached hydrogen (secondary N) is 1. The van der Waals surface area contributed by atoms with Crippen LogP contribution >= 0.6 is 0 Å². The third-order valence-corrected chi connectivity index (χ3v) is 6.46. The van der Waals surface area contributed by atoms with Gasteiger partial charge in [-0.2, -0.15) is 0 Å². The van der Waals surface area contributed by atoms with E-state index in [-0.39, 0.29) is 22.9 Å². The molecular formula is C24H31N3O4. The van der Waals surface area contributed by atoms with E-state index in [2.05, 4.69) is 10.3 Å². The van der Waals surface area contributed by atoms with Crippen LogP contribution in [0.2, 0.25) is 0 Å². The van der Waals surface area contributed by atoms with Crippen molar-refractivity contribution in [3.63, 3.8) is 0 Å². The highest BCUT2D eigenvalue weighted by Crippen LogP contribution is 2.37. The number of anilines is 1. The Morgan fingerprint density at radius 1 is 1.13 bits per heavy atom. The molecule has 7 heteroatoms. The molecule has 1 atom stereocenters. The van der Waals surface area contributed by atoms with Crippen LogP contribution in [-0.2, 0) is 17.6 Å². The average Bonchev–Trinajstić information content (AvgIpc) is 2.74. The molecule has 4 rings (SSSR count). The van der Waals surface area contributed by atoms with E-state index >= 15 is 0 Å². The molecule has 31 heavy (non-hydrogen) atoms. The van der Waals surface area contributed by atoms with Crippen LogP contribution in [-0.4, -0.2) is 28.4 Å². The van der Waals surface area contributed by atoms with Crippen molar-refractivity contribution in [2.45, 2.75) is 64.4 Å². The van der Waals surface area contributed by atoms with Crippen LogP contribution in [0.5, 0.6) is 5.75 Å². The lowest BCUT2D eigenvalue weighted by Gasteiger charge is -2.31. The Labute approximate surface area is 182 Å². The van der Waals surface area contributed by atoms with Crippen LogP contribution in [0.3, 0.4) is 0 Å². The zero-order valence-electron chi connectivity index (χ0n) is 17.9. The lowest BCUT2D eigenvalue weighted by molar-refractivity contribution is -0.126. The summed E-state index contributed by atoms with van der Waals surface area (Å²) in [6.45, 7) is 2.05. The molecule has 1 aromatic carbocycles. The fourth-order valence-electron chi connectivity index (χ4n) is 4.55. The van der Waals surface area contributed by atoms with Crippen molar-refractivity contribution in [1.82, 2.24) is 4.98 Å². The van der Waals surface area contributed by atoms with Crippen LogP contribution in [0.25, 0.3) is 0 Å². The normalized spacial score (nSPS) is 19.5. The molecule has 1 saturated carbocycles. The molecule has 0 aliphatic heterocycles. The highest BCUT2D eigenvalue weighted by Gasteiger charge is 2.34. The van der Waals surface area contributed by atoms with E-state index in [4.69, 9.17) is 10.5 Å². The van der Waals surface area contributed by atoms with Crippen molar-refractivity contribution in [2.75, 3.05) is 5.32 Å². The Morgan fingerprint density at radius 3 is 2.65 bits per heavy atom. The van der Waals surface area contributed by atoms with Gasteiger partial charge >= 0.3 is 0 Å². The van der Waals surface area contributed by atoms with Gasteiger partial charge in [-0.25, -0.2) is 4.98 Å². The van der Waals surface area contributed by atoms with Crippen molar-refractivity contribution in [3.8, 4) is 5.75 Å². The number of hydrogen-bond acceptors (Lipinski definition) is 4. The van der Waals surface area contributed by atoms with Crippen molar-refractivity contribution < 1.29 is 19.8 Å². The van der Waals surface area contributed by atoms with Crippen LogP contribution < -0.4 is 15.8 Å². The third-order valence-electron chi connectivity index (χ3n) is 6.46. The van der Waals surface area contributed by atoms with E-state index in [9.17, 15) is 9.59 Å². The Bertz CT molecular complexity index is 954. The number of nitrogens with two attached hydrogens (primary N) is 1. The first-order chi connectivity index (χ1) is 14.4. The first-order valence-electron chi connectivity index (χ1n) is 10.8. The Hall–Kier alpha value is -2.93. The number of rotatable bonds is 5. The van der Waals surface area contributed by atoms with Gasteiger partial charge in [0.2, 0.25) is 11.8 Å². The van der Waals surface area contributed by atoms with Crippen LogP contribution in [0.15, 0.2) is 36.5 Å². The summed E-state index contributed by atoms with van der Waals surface area (Å²) < 4.78 is 6.20. The zero-order chi connectivity index (χ0) is 21.1. The predicted molar refractivity (Wildman–Crippen MR) is 119 cm³/mol. The van der Waals surface area contributed by atoms with Crippen molar-refractivity contribution >= 4 is 17.6 Å². The van der Waals surface area contributed by atoms with Gasteiger partial charge in [-0.15, -0.1) is 0 Å². The fraction of sp³-hybridized carbons (Fsp3) is 0.458. The molecule has 0 bridgehead atoms. The topological polar surface area (TPSA) is 126 Å². The van der Waals surface area contributed by atoms with Gasteiger partial charge in [0.05, 0.1) is 0 Å². The molecule has 1 heterocycles. The minimum atomic E-state index is -0.398. The second kappa shape index (κ2) is 9.47. The molecular weight excluding hydrogens is 394 g/mol. The molecule has 1 fully saturated rings. The second-order valence-corrected chi connectivity index (χ2v) is 8.78. The van der Waals surface area contributed by atoms with Crippen LogP contribution in [0, 0.1) is 5.41 Å². The maximum absolute atomic E-state index is 12.8. The largest absolute Gasteiger partial charge is 0.490 e. The molecule has 7 nitrogen and oxygen atoms in total. The van der Waals surface area contributed by atoms with E-state index in [1.807, 2.05) is 25.1 Å². The number of aryl methyl sites for hydroxylation is 1. The highest BCUT2D eigenvalue weighted by atomic mass is 16.5. The monoisotopic (exact) mass is 425 g/mol. The van der Waals surface area contributed by atoms with E-state index in [1.165, 1.54) is 12.0 Å². The number of benzene rings is 1. The van der Waals surface area contributed by atoms with Gasteiger partial charge in [0, 0.05) is 29.7 Å². The van der Waals surface area contributed by atoms with Gasteiger partial charge in [-0.1, -0.05) is 32.3 Å². The number of nitrogens with zero attached hydrogens (tertiary/aromatic N) is 1. The molecule has 2 aromatic rings. The maximum atomic E-state index is 12.8. The number of carbonyl (C=O) groups excluding carboxylic acids is 2. The molecule has 2 aliphatic carbocycles. The van der Waals surface area contributed by atoms with Gasteiger partial charge in [0.1, 0.15) is 17.7 Å². The maximum Gasteiger partial charge on any atom is 0.248 e. The number of ether oxygens (including phenoxy) is 1. The first kappa shape index (κ1) is 22.7. The minimum absolute atomic E-state index is 0. The Balaban J connectivity index is 0.00000272. The van der Waals surface area contributed by atoms with Crippen molar-refractivity contribution in [3.05, 3.63) is 53.2 Å². The van der Waals surface area contributed by atoms with Gasteiger partial charge in [0.25, 0.3) is 0 Å². The average molecular weight is 426 g/mol. The number of pyridine rings is 1. The second-order valence-electron chi connectivity index (χ2n) is 8.78. The fourth-order valence-corrected chi connectivity index (χ4v) is 4.55. The molecule has 0 saturated heterocycles. The predicted octanol–water partition coefficient (Wildman–Crippen LogP) is 3.20. The lowest BCUT2D eigenvalue weighted by Crippen LogP contribution is -2.35. The molecule has 1 aromatic heterocycles. The quantitative estimate of drug-likeness (QED) is 0.763. The molecule has 1 unspecified atom stereocenters. The van der Waals surface area contributed by atoms with Crippen molar-refractivity contribution in [2.24, 2.45) is 11.1 Å². The SMILES string of the molecule is CC1(C(=O)Nc2cc(OC3CCc4cc(C(N)=O)ccc4C3)ccn2)CCCCC1.O. The van der Waals surface area contributed by atoms with E-state index in [1.54, 1.807) is 18.3 Å². The number of fused-ring (bicyclic) bond motifs is 1. The summed E-state index contributed by atoms with van der Waals surface area (Å²) in [5.74, 6) is 0.885. The molecule has 0 spiro atoms. The zero-order valence-corrected chi connectivity index (χ0v) is 17.9. The van der Waals surface area contributed by atoms with Gasteiger partial charge in [-0.3, -0.25) is 9.59 Å². The van der Waals surface area contributed by atoms with Crippen LogP contribution in [0.1, 0.15) is 66.9 Å². The molecule has 2 aliphatic rings. The summed E-state index contributed by atoms with van der Waals surface area (Å²) in [7, 11) is 0. The lowest BCUT2D eigenvalue weighted by atomic mass is 9.75. The van der Waals surface area contributed by atoms with Gasteiger partial charge in [-0.05, 0) is 55.0 Å². The summed E-state index contributed by atoms with van der Waals surface area (Å²) >= 11 is 0. The Morgan fingerprint density at radius 2 is 1.90 bits per heavy atom. The van der Waals surface area contributed by atoms with Gasteiger partial charge in [0.15, 0.2) is 0 Å². The van der Waals surface area contributed by atoms with E-state index < -0.39 is 5.91 Å². The standard InChI is InChI=1S/C24H29N3O3.H2O/c1-24(10-3-2-4-11-24)23(29)27-21-15-20(9-12-26-21)30-19-8-7-16-13-18(22(25)28)6-5-17(16)14-19;/h5-6,9,12-13,15,19H,2-4,7-8,10-11,14H2,1H3,(H2,25,28)(H,26,27,29);1H2. The smallest absolute Gasteiger partial charge is 0.248 e. The number of aromatic nitrogens is 1. The summed E-state index contributed by atoms with van der Waals surface area (Å²) in [6.07, 6.45) is 9.45. The summed E-state index contributed by atoms with van der Waals surface area (Å²) in [4.78, 5) is 28.5. The number of hydrogen-bond donors (Lipinski definition) is 2. The number of carbonyl (C=O) groups is 2. The molecule has 166 valence electrons.